The number of sulfone groups is 1. The van der Waals surface area contributed by atoms with E-state index in [9.17, 15) is 39.6 Å². The lowest BCUT2D eigenvalue weighted by Crippen LogP contribution is -2.48. The number of nitrogens with one attached hydrogen (secondary N) is 2. The molecule has 1 aromatic heterocycles. The molecule has 0 aliphatic carbocycles. The zero-order valence-electron chi connectivity index (χ0n) is 22.4. The number of halogens is 8. The number of carbonyl (C=O) groups is 1. The van der Waals surface area contributed by atoms with Crippen LogP contribution < -0.4 is 15.8 Å². The molecule has 0 saturated carbocycles. The maximum Gasteiger partial charge on any atom is 0.435 e. The molecule has 0 spiro atoms. The number of hydrazine groups is 1. The Morgan fingerprint density at radius 2 is 1.86 bits per heavy atom. The first kappa shape index (κ1) is 34.2. The molecule has 2 N–H and O–H groups in total. The number of hydrogen-bond acceptors (Lipinski definition) is 6. The largest absolute Gasteiger partial charge is 0.435 e. The van der Waals surface area contributed by atoms with Crippen molar-refractivity contribution in [3.05, 3.63) is 93.1 Å². The number of aromatic nitrogens is 1. The summed E-state index contributed by atoms with van der Waals surface area (Å²) in [6.07, 6.45) is -2.87. The molecule has 232 valence electrons. The number of carbonyl (C=O) groups excluding carboxylic acids is 1. The van der Waals surface area contributed by atoms with Gasteiger partial charge in [-0.05, 0) is 47.9 Å². The number of anilines is 1. The number of amides is 1. The highest BCUT2D eigenvalue weighted by Gasteiger charge is 2.43. The van der Waals surface area contributed by atoms with Crippen LogP contribution in [0.3, 0.4) is 0 Å². The quantitative estimate of drug-likeness (QED) is 0.230. The minimum absolute atomic E-state index is 0.00277. The summed E-state index contributed by atoms with van der Waals surface area (Å²) in [5, 5.41) is 1.88. The van der Waals surface area contributed by atoms with Crippen molar-refractivity contribution in [2.45, 2.75) is 31.7 Å². The van der Waals surface area contributed by atoms with E-state index in [0.717, 1.165) is 23.5 Å². The number of rotatable bonds is 9. The minimum atomic E-state index is -4.96. The summed E-state index contributed by atoms with van der Waals surface area (Å²) >= 11 is 13.0. The first-order valence-corrected chi connectivity index (χ1v) is 14.9. The zero-order valence-corrected chi connectivity index (χ0v) is 24.8. The molecule has 1 aromatic carbocycles. The van der Waals surface area contributed by atoms with Gasteiger partial charge in [-0.3, -0.25) is 9.80 Å². The van der Waals surface area contributed by atoms with Crippen LogP contribution in [0.15, 0.2) is 71.3 Å². The van der Waals surface area contributed by atoms with Gasteiger partial charge < -0.3 is 5.32 Å². The molecule has 3 rings (SSSR count). The van der Waals surface area contributed by atoms with Crippen molar-refractivity contribution in [2.24, 2.45) is 0 Å². The molecule has 0 fully saturated rings. The Kier molecular flexibility index (Phi) is 10.4. The Bertz CT molecular complexity index is 1620. The number of pyridine rings is 1. The fourth-order valence-electron chi connectivity index (χ4n) is 3.87. The lowest BCUT2D eigenvalue weighted by Gasteiger charge is -2.26. The number of hydrogen-bond donors (Lipinski definition) is 2. The molecule has 16 heteroatoms. The van der Waals surface area contributed by atoms with Crippen molar-refractivity contribution in [1.82, 2.24) is 15.7 Å². The average Bonchev–Trinajstić information content (AvgIpc) is 3.24. The molecule has 0 bridgehead atoms. The topological polar surface area (TPSA) is 91.4 Å². The molecular formula is C27H24Cl2F6N4O3S. The highest BCUT2D eigenvalue weighted by atomic mass is 35.5. The maximum absolute atomic E-state index is 13.9. The number of allylic oxidation sites excluding steroid dienone is 4. The van der Waals surface area contributed by atoms with Gasteiger partial charge in [0.2, 0.25) is 5.91 Å². The van der Waals surface area contributed by atoms with Gasteiger partial charge in [0.1, 0.15) is 12.6 Å². The molecule has 2 heterocycles. The SMILES string of the molecule is C=C(/C=C(\C=C/CC)S(C)(=O)=O)c1ccc(C2=C(Cl)C(C(=O)NCC(F)(F)F)NN2c2cccnc2C(F)(F)F)c(Cl)c1. The second kappa shape index (κ2) is 13.1. The number of alkyl halides is 6. The van der Waals surface area contributed by atoms with Crippen molar-refractivity contribution in [3.63, 3.8) is 0 Å². The molecule has 2 aromatic rings. The van der Waals surface area contributed by atoms with E-state index in [4.69, 9.17) is 23.2 Å². The van der Waals surface area contributed by atoms with E-state index in [0.29, 0.717) is 12.0 Å². The van der Waals surface area contributed by atoms with Crippen LogP contribution in [0.4, 0.5) is 32.0 Å². The van der Waals surface area contributed by atoms with E-state index in [2.05, 4.69) is 17.0 Å². The fourth-order valence-corrected chi connectivity index (χ4v) is 5.17. The van der Waals surface area contributed by atoms with Gasteiger partial charge in [0.05, 0.1) is 26.3 Å². The molecule has 7 nitrogen and oxygen atoms in total. The Morgan fingerprint density at radius 1 is 1.19 bits per heavy atom. The van der Waals surface area contributed by atoms with Gasteiger partial charge in [0, 0.05) is 18.0 Å². The summed E-state index contributed by atoms with van der Waals surface area (Å²) in [5.41, 5.74) is 0.753. The number of nitrogens with zero attached hydrogens (tertiary/aromatic N) is 2. The van der Waals surface area contributed by atoms with Crippen molar-refractivity contribution in [3.8, 4) is 0 Å². The molecular weight excluding hydrogens is 645 g/mol. The van der Waals surface area contributed by atoms with Crippen molar-refractivity contribution in [1.29, 1.82) is 0 Å². The monoisotopic (exact) mass is 668 g/mol. The van der Waals surface area contributed by atoms with Crippen LogP contribution in [-0.4, -0.2) is 44.3 Å². The highest BCUT2D eigenvalue weighted by molar-refractivity contribution is 7.94. The maximum atomic E-state index is 13.9. The second-order valence-electron chi connectivity index (χ2n) is 9.15. The van der Waals surface area contributed by atoms with Gasteiger partial charge in [0.15, 0.2) is 15.5 Å². The highest BCUT2D eigenvalue weighted by Crippen LogP contribution is 2.43. The van der Waals surface area contributed by atoms with Crippen molar-refractivity contribution >= 4 is 55.9 Å². The van der Waals surface area contributed by atoms with Crippen LogP contribution in [-0.2, 0) is 20.8 Å². The molecule has 0 radical (unpaired) electrons. The fraction of sp³-hybridized carbons (Fsp3) is 0.259. The van der Waals surface area contributed by atoms with E-state index in [1.165, 1.54) is 36.4 Å². The van der Waals surface area contributed by atoms with Crippen molar-refractivity contribution in [2.75, 3.05) is 17.8 Å². The summed E-state index contributed by atoms with van der Waals surface area (Å²) in [6, 6.07) is 4.60. The van der Waals surface area contributed by atoms with E-state index in [1.807, 2.05) is 6.92 Å². The van der Waals surface area contributed by atoms with Gasteiger partial charge in [-0.1, -0.05) is 54.9 Å². The summed E-state index contributed by atoms with van der Waals surface area (Å²) in [6.45, 7) is 3.98. The molecule has 43 heavy (non-hydrogen) atoms. The summed E-state index contributed by atoms with van der Waals surface area (Å²) in [7, 11) is -3.63. The summed E-state index contributed by atoms with van der Waals surface area (Å²) < 4.78 is 104. The molecule has 1 unspecified atom stereocenters. The van der Waals surface area contributed by atoms with E-state index >= 15 is 0 Å². The summed E-state index contributed by atoms with van der Waals surface area (Å²) in [5.74, 6) is -1.26. The smallest absolute Gasteiger partial charge is 0.345 e. The Morgan fingerprint density at radius 3 is 2.42 bits per heavy atom. The molecule has 1 amide bonds. The van der Waals surface area contributed by atoms with Gasteiger partial charge in [-0.25, -0.2) is 18.8 Å². The third kappa shape index (κ3) is 8.40. The lowest BCUT2D eigenvalue weighted by atomic mass is 10.0. The van der Waals surface area contributed by atoms with Crippen LogP contribution in [0.1, 0.15) is 30.2 Å². The third-order valence-electron chi connectivity index (χ3n) is 5.84. The lowest BCUT2D eigenvalue weighted by molar-refractivity contribution is -0.140. The predicted molar refractivity (Wildman–Crippen MR) is 153 cm³/mol. The Labute approximate surface area is 253 Å². The van der Waals surface area contributed by atoms with Crippen LogP contribution >= 0.6 is 23.2 Å². The molecule has 1 atom stereocenters. The Balaban J connectivity index is 2.14. The standard InChI is InChI=1S/C27H24Cl2F6N4O3S/c1-4-5-7-17(43(3,41)42)12-15(2)16-9-10-18(19(28)13-16)23-21(29)22(25(40)37-14-26(30,31)32)38-39(23)20-8-6-11-36-24(20)27(33,34)35/h5-13,22,38H,2,4,14H2,1,3H3,(H,37,40)/b7-5-,17-12+. The van der Waals surface area contributed by atoms with Gasteiger partial charge in [-0.15, -0.1) is 0 Å². The van der Waals surface area contributed by atoms with Crippen LogP contribution in [0, 0.1) is 0 Å². The van der Waals surface area contributed by atoms with Crippen LogP contribution in [0.25, 0.3) is 11.3 Å². The molecule has 0 saturated heterocycles. The van der Waals surface area contributed by atoms with E-state index < -0.39 is 57.1 Å². The first-order valence-electron chi connectivity index (χ1n) is 12.2. The minimum Gasteiger partial charge on any atom is -0.345 e. The van der Waals surface area contributed by atoms with Crippen LogP contribution in [0.5, 0.6) is 0 Å². The normalized spacial score (nSPS) is 16.7. The van der Waals surface area contributed by atoms with Gasteiger partial charge >= 0.3 is 12.4 Å². The Hall–Kier alpha value is -3.33. The van der Waals surface area contributed by atoms with Crippen LogP contribution in [0.2, 0.25) is 5.02 Å². The molecule has 1 aliphatic rings. The van der Waals surface area contributed by atoms with E-state index in [-0.39, 0.29) is 26.8 Å². The zero-order chi connectivity index (χ0) is 32.3. The van der Waals surface area contributed by atoms with Gasteiger partial charge in [-0.2, -0.15) is 26.3 Å². The first-order chi connectivity index (χ1) is 19.8. The molecule has 1 aliphatic heterocycles. The second-order valence-corrected chi connectivity index (χ2v) is 12.0. The van der Waals surface area contributed by atoms with Gasteiger partial charge in [0.25, 0.3) is 0 Å². The number of benzene rings is 1. The third-order valence-corrected chi connectivity index (χ3v) is 7.66. The van der Waals surface area contributed by atoms with E-state index in [1.54, 1.807) is 11.4 Å². The predicted octanol–water partition coefficient (Wildman–Crippen LogP) is 6.64. The van der Waals surface area contributed by atoms with Crippen molar-refractivity contribution < 1.29 is 39.6 Å². The summed E-state index contributed by atoms with van der Waals surface area (Å²) in [4.78, 5) is 16.0. The average molecular weight is 669 g/mol.